The Balaban J connectivity index is 0.000000671. The molecule has 13 heavy (non-hydrogen) atoms. The second-order valence-electron chi connectivity index (χ2n) is 2.26. The number of hydrogen-bond donors (Lipinski definition) is 1. The van der Waals surface area contributed by atoms with Crippen LogP contribution in [-0.4, -0.2) is 18.1 Å². The zero-order valence-electron chi connectivity index (χ0n) is 8.58. The molecule has 3 heteroatoms. The van der Waals surface area contributed by atoms with E-state index in [-0.39, 0.29) is 0 Å². The van der Waals surface area contributed by atoms with Crippen molar-refractivity contribution in [2.24, 2.45) is 5.73 Å². The highest BCUT2D eigenvalue weighted by Gasteiger charge is 1.96. The van der Waals surface area contributed by atoms with E-state index in [1.807, 2.05) is 32.9 Å². The summed E-state index contributed by atoms with van der Waals surface area (Å²) in [5.74, 6) is 0.679. The molecule has 0 unspecified atom stereocenters. The Morgan fingerprint density at radius 1 is 1.46 bits per heavy atom. The first-order valence-corrected chi connectivity index (χ1v) is 4.59. The van der Waals surface area contributed by atoms with Gasteiger partial charge < -0.3 is 10.5 Å². The fourth-order valence-electron chi connectivity index (χ4n) is 0.778. The minimum absolute atomic E-state index is 0.524. The Bertz CT molecular complexity index is 226. The van der Waals surface area contributed by atoms with Crippen molar-refractivity contribution in [3.8, 4) is 5.88 Å². The van der Waals surface area contributed by atoms with Crippen molar-refractivity contribution in [1.29, 1.82) is 0 Å². The van der Waals surface area contributed by atoms with Gasteiger partial charge in [0, 0.05) is 18.3 Å². The maximum Gasteiger partial charge on any atom is 0.216 e. The summed E-state index contributed by atoms with van der Waals surface area (Å²) in [7, 11) is 0. The first-order valence-electron chi connectivity index (χ1n) is 4.59. The second-order valence-corrected chi connectivity index (χ2v) is 2.26. The molecular formula is C10H18N2O. The normalized spacial score (nSPS) is 8.62. The van der Waals surface area contributed by atoms with Gasteiger partial charge >= 0.3 is 0 Å². The van der Waals surface area contributed by atoms with E-state index in [2.05, 4.69) is 4.98 Å². The van der Waals surface area contributed by atoms with Crippen molar-refractivity contribution < 1.29 is 4.74 Å². The molecule has 0 saturated carbocycles. The summed E-state index contributed by atoms with van der Waals surface area (Å²) in [6, 6.07) is 3.84. The number of pyridine rings is 1. The summed E-state index contributed by atoms with van der Waals surface area (Å²) in [5.41, 5.74) is 6.32. The maximum absolute atomic E-state index is 5.27. The van der Waals surface area contributed by atoms with Crippen LogP contribution in [0.3, 0.4) is 0 Å². The van der Waals surface area contributed by atoms with E-state index in [0.717, 1.165) is 5.56 Å². The summed E-state index contributed by atoms with van der Waals surface area (Å²) in [6.07, 6.45) is 1.71. The highest BCUT2D eigenvalue weighted by atomic mass is 16.5. The molecule has 0 aliphatic rings. The molecule has 0 saturated heterocycles. The van der Waals surface area contributed by atoms with Crippen molar-refractivity contribution in [2.75, 3.05) is 13.2 Å². The predicted octanol–water partition coefficient (Wildman–Crippen LogP) is 1.75. The lowest BCUT2D eigenvalue weighted by Gasteiger charge is -2.04. The zero-order chi connectivity index (χ0) is 10.1. The minimum atomic E-state index is 0.524. The average Bonchev–Trinajstić information content (AvgIpc) is 2.20. The zero-order valence-corrected chi connectivity index (χ0v) is 8.58. The van der Waals surface area contributed by atoms with Crippen LogP contribution in [0.25, 0.3) is 0 Å². The Labute approximate surface area is 79.9 Å². The van der Waals surface area contributed by atoms with Crippen LogP contribution in [0, 0.1) is 6.92 Å². The minimum Gasteiger partial charge on any atom is -0.476 e. The number of aromatic nitrogens is 1. The number of hydrogen-bond acceptors (Lipinski definition) is 3. The molecule has 0 bridgehead atoms. The van der Waals surface area contributed by atoms with Crippen LogP contribution in [0.15, 0.2) is 18.3 Å². The molecule has 0 aliphatic carbocycles. The van der Waals surface area contributed by atoms with Crippen molar-refractivity contribution in [3.63, 3.8) is 0 Å². The molecular weight excluding hydrogens is 164 g/mol. The van der Waals surface area contributed by atoms with Gasteiger partial charge in [0.2, 0.25) is 5.88 Å². The lowest BCUT2D eigenvalue weighted by Crippen LogP contribution is -2.11. The standard InChI is InChI=1S/C8H12N2O.C2H6/c1-7-3-2-5-10-8(7)11-6-4-9;1-2/h2-3,5H,4,6,9H2,1H3;1-2H3. The second kappa shape index (κ2) is 7.55. The molecule has 0 aliphatic heterocycles. The van der Waals surface area contributed by atoms with Crippen molar-refractivity contribution >= 4 is 0 Å². The van der Waals surface area contributed by atoms with Gasteiger partial charge in [-0.15, -0.1) is 0 Å². The Morgan fingerprint density at radius 3 is 2.69 bits per heavy atom. The monoisotopic (exact) mass is 182 g/mol. The molecule has 74 valence electrons. The smallest absolute Gasteiger partial charge is 0.216 e. The van der Waals surface area contributed by atoms with Crippen molar-refractivity contribution in [1.82, 2.24) is 4.98 Å². The predicted molar refractivity (Wildman–Crippen MR) is 54.9 cm³/mol. The molecule has 0 spiro atoms. The molecule has 0 fully saturated rings. The molecule has 0 aromatic carbocycles. The third-order valence-electron chi connectivity index (χ3n) is 1.32. The lowest BCUT2D eigenvalue weighted by atomic mass is 10.3. The summed E-state index contributed by atoms with van der Waals surface area (Å²) in [4.78, 5) is 4.04. The molecule has 0 atom stereocenters. The van der Waals surface area contributed by atoms with Gasteiger partial charge in [-0.1, -0.05) is 19.9 Å². The molecule has 0 amide bonds. The molecule has 2 N–H and O–H groups in total. The van der Waals surface area contributed by atoms with E-state index in [9.17, 15) is 0 Å². The van der Waals surface area contributed by atoms with Crippen LogP contribution < -0.4 is 10.5 Å². The molecule has 1 rings (SSSR count). The highest BCUT2D eigenvalue weighted by Crippen LogP contribution is 2.11. The van der Waals surface area contributed by atoms with Gasteiger partial charge in [0.15, 0.2) is 0 Å². The van der Waals surface area contributed by atoms with Gasteiger partial charge in [-0.05, 0) is 13.0 Å². The highest BCUT2D eigenvalue weighted by molar-refractivity contribution is 5.23. The molecule has 1 aromatic heterocycles. The summed E-state index contributed by atoms with van der Waals surface area (Å²) < 4.78 is 5.25. The number of ether oxygens (including phenoxy) is 1. The van der Waals surface area contributed by atoms with Crippen LogP contribution in [0.5, 0.6) is 5.88 Å². The fraction of sp³-hybridized carbons (Fsp3) is 0.500. The van der Waals surface area contributed by atoms with Crippen LogP contribution in [0.1, 0.15) is 19.4 Å². The van der Waals surface area contributed by atoms with Gasteiger partial charge in [-0.3, -0.25) is 0 Å². The van der Waals surface area contributed by atoms with Gasteiger partial charge in [0.05, 0.1) is 0 Å². The third kappa shape index (κ3) is 4.48. The van der Waals surface area contributed by atoms with E-state index >= 15 is 0 Å². The Kier molecular flexibility index (Phi) is 6.92. The molecule has 3 nitrogen and oxygen atoms in total. The number of nitrogens with zero attached hydrogens (tertiary/aromatic N) is 1. The van der Waals surface area contributed by atoms with E-state index in [4.69, 9.17) is 10.5 Å². The van der Waals surface area contributed by atoms with Crippen LogP contribution in [0.2, 0.25) is 0 Å². The number of nitrogens with two attached hydrogens (primary N) is 1. The van der Waals surface area contributed by atoms with Gasteiger partial charge in [-0.25, -0.2) is 4.98 Å². The first kappa shape index (κ1) is 11.9. The number of aryl methyl sites for hydroxylation is 1. The molecule has 0 radical (unpaired) electrons. The molecule has 1 aromatic rings. The van der Waals surface area contributed by atoms with E-state index in [1.54, 1.807) is 6.20 Å². The van der Waals surface area contributed by atoms with E-state index in [0.29, 0.717) is 19.0 Å². The fourth-order valence-corrected chi connectivity index (χ4v) is 0.778. The van der Waals surface area contributed by atoms with Crippen LogP contribution in [-0.2, 0) is 0 Å². The van der Waals surface area contributed by atoms with Gasteiger partial charge in [-0.2, -0.15) is 0 Å². The van der Waals surface area contributed by atoms with Crippen LogP contribution >= 0.6 is 0 Å². The largest absolute Gasteiger partial charge is 0.476 e. The van der Waals surface area contributed by atoms with E-state index in [1.165, 1.54) is 0 Å². The van der Waals surface area contributed by atoms with Crippen molar-refractivity contribution in [3.05, 3.63) is 23.9 Å². The van der Waals surface area contributed by atoms with E-state index < -0.39 is 0 Å². The summed E-state index contributed by atoms with van der Waals surface area (Å²) in [5, 5.41) is 0. The Hall–Kier alpha value is -1.09. The number of rotatable bonds is 3. The Morgan fingerprint density at radius 2 is 2.15 bits per heavy atom. The van der Waals surface area contributed by atoms with Crippen LogP contribution in [0.4, 0.5) is 0 Å². The SMILES string of the molecule is CC.Cc1cccnc1OCCN. The topological polar surface area (TPSA) is 48.1 Å². The third-order valence-corrected chi connectivity index (χ3v) is 1.32. The molecule has 1 heterocycles. The van der Waals surface area contributed by atoms with Gasteiger partial charge in [0.25, 0.3) is 0 Å². The van der Waals surface area contributed by atoms with Gasteiger partial charge in [0.1, 0.15) is 6.61 Å². The lowest BCUT2D eigenvalue weighted by molar-refractivity contribution is 0.313. The summed E-state index contributed by atoms with van der Waals surface area (Å²) in [6.45, 7) is 7.01. The first-order chi connectivity index (χ1) is 6.34. The quantitative estimate of drug-likeness (QED) is 0.774. The average molecular weight is 182 g/mol. The maximum atomic E-state index is 5.27. The summed E-state index contributed by atoms with van der Waals surface area (Å²) >= 11 is 0. The van der Waals surface area contributed by atoms with Crippen molar-refractivity contribution in [2.45, 2.75) is 20.8 Å².